The lowest BCUT2D eigenvalue weighted by atomic mass is 9.89. The number of nitrogens with zero attached hydrogens (tertiary/aromatic N) is 2. The van der Waals surface area contributed by atoms with Crippen LogP contribution in [0.3, 0.4) is 0 Å². The highest BCUT2D eigenvalue weighted by molar-refractivity contribution is 14.0. The Kier molecular flexibility index (Phi) is 12.3. The third-order valence-corrected chi connectivity index (χ3v) is 5.53. The van der Waals surface area contributed by atoms with E-state index in [2.05, 4.69) is 37.9 Å². The quantitative estimate of drug-likeness (QED) is 0.321. The van der Waals surface area contributed by atoms with Gasteiger partial charge in [0, 0.05) is 33.4 Å². The molecule has 0 aromatic rings. The lowest BCUT2D eigenvalue weighted by Crippen LogP contribution is -2.48. The summed E-state index contributed by atoms with van der Waals surface area (Å²) in [7, 11) is 1.78. The molecule has 2 fully saturated rings. The number of halogens is 1. The summed E-state index contributed by atoms with van der Waals surface area (Å²) in [4.78, 5) is 7.22. The molecule has 166 valence electrons. The molecule has 28 heavy (non-hydrogen) atoms. The molecule has 2 rings (SSSR count). The average Bonchev–Trinajstić information content (AvgIpc) is 2.66. The SMILES string of the molecule is CCNC(=NCC(OC)C(C)(C)C)N1CCC(OCC2CCCCO2)CC1.I. The zero-order valence-electron chi connectivity index (χ0n) is 18.5. The van der Waals surface area contributed by atoms with E-state index in [1.807, 2.05) is 0 Å². The highest BCUT2D eigenvalue weighted by Gasteiger charge is 2.26. The van der Waals surface area contributed by atoms with Gasteiger partial charge in [0.25, 0.3) is 0 Å². The number of methoxy groups -OCH3 is 1. The molecule has 0 aromatic heterocycles. The number of rotatable bonds is 7. The van der Waals surface area contributed by atoms with Gasteiger partial charge >= 0.3 is 0 Å². The van der Waals surface area contributed by atoms with E-state index in [4.69, 9.17) is 19.2 Å². The molecule has 6 nitrogen and oxygen atoms in total. The minimum absolute atomic E-state index is 0. The van der Waals surface area contributed by atoms with E-state index < -0.39 is 0 Å². The van der Waals surface area contributed by atoms with Gasteiger partial charge in [-0.2, -0.15) is 0 Å². The first-order chi connectivity index (χ1) is 12.9. The summed E-state index contributed by atoms with van der Waals surface area (Å²) in [6.07, 6.45) is 6.46. The van der Waals surface area contributed by atoms with Crippen LogP contribution in [0.4, 0.5) is 0 Å². The van der Waals surface area contributed by atoms with E-state index in [1.165, 1.54) is 12.8 Å². The Morgan fingerprint density at radius 1 is 1.21 bits per heavy atom. The van der Waals surface area contributed by atoms with E-state index in [9.17, 15) is 0 Å². The van der Waals surface area contributed by atoms with E-state index >= 15 is 0 Å². The maximum atomic E-state index is 6.14. The van der Waals surface area contributed by atoms with E-state index in [0.717, 1.165) is 58.1 Å². The number of likely N-dealkylation sites (tertiary alicyclic amines) is 1. The summed E-state index contributed by atoms with van der Waals surface area (Å²) in [5, 5.41) is 3.44. The monoisotopic (exact) mass is 511 g/mol. The molecule has 2 heterocycles. The Balaban J connectivity index is 0.00000392. The van der Waals surface area contributed by atoms with Crippen LogP contribution < -0.4 is 5.32 Å². The third-order valence-electron chi connectivity index (χ3n) is 5.53. The molecule has 0 aliphatic carbocycles. The summed E-state index contributed by atoms with van der Waals surface area (Å²) < 4.78 is 17.6. The Labute approximate surface area is 189 Å². The normalized spacial score (nSPS) is 23.2. The van der Waals surface area contributed by atoms with Crippen LogP contribution in [0.5, 0.6) is 0 Å². The Bertz CT molecular complexity index is 443. The highest BCUT2D eigenvalue weighted by atomic mass is 127. The van der Waals surface area contributed by atoms with Crippen LogP contribution in [0.1, 0.15) is 59.8 Å². The molecule has 2 atom stereocenters. The molecule has 0 amide bonds. The van der Waals surface area contributed by atoms with Crippen LogP contribution in [-0.2, 0) is 14.2 Å². The first-order valence-corrected chi connectivity index (χ1v) is 10.7. The number of hydrogen-bond donors (Lipinski definition) is 1. The van der Waals surface area contributed by atoms with Crippen molar-refractivity contribution < 1.29 is 14.2 Å². The summed E-state index contributed by atoms with van der Waals surface area (Å²) in [5.74, 6) is 0.998. The molecule has 0 spiro atoms. The fourth-order valence-corrected chi connectivity index (χ4v) is 3.71. The average molecular weight is 511 g/mol. The number of guanidine groups is 1. The second-order valence-corrected chi connectivity index (χ2v) is 8.79. The van der Waals surface area contributed by atoms with Gasteiger partial charge in [-0.1, -0.05) is 20.8 Å². The van der Waals surface area contributed by atoms with Gasteiger partial charge in [-0.25, -0.2) is 0 Å². The lowest BCUT2D eigenvalue weighted by molar-refractivity contribution is -0.0721. The predicted octanol–water partition coefficient (Wildman–Crippen LogP) is 3.68. The molecule has 1 N–H and O–H groups in total. The van der Waals surface area contributed by atoms with Crippen molar-refractivity contribution in [2.24, 2.45) is 10.4 Å². The van der Waals surface area contributed by atoms with Crippen LogP contribution in [0.15, 0.2) is 4.99 Å². The van der Waals surface area contributed by atoms with E-state index in [1.54, 1.807) is 7.11 Å². The summed E-state index contributed by atoms with van der Waals surface area (Å²) >= 11 is 0. The molecule has 2 aliphatic rings. The van der Waals surface area contributed by atoms with Gasteiger partial charge in [0.05, 0.1) is 31.5 Å². The summed E-state index contributed by atoms with van der Waals surface area (Å²) in [5.41, 5.74) is 0.0810. The molecule has 0 aromatic carbocycles. The Morgan fingerprint density at radius 3 is 2.46 bits per heavy atom. The van der Waals surface area contributed by atoms with Gasteiger partial charge < -0.3 is 24.4 Å². The largest absolute Gasteiger partial charge is 0.379 e. The number of aliphatic imine (C=N–C) groups is 1. The van der Waals surface area contributed by atoms with Gasteiger partial charge in [0.2, 0.25) is 0 Å². The molecule has 0 radical (unpaired) electrons. The van der Waals surface area contributed by atoms with Gasteiger partial charge in [-0.05, 0) is 44.4 Å². The fraction of sp³-hybridized carbons (Fsp3) is 0.952. The summed E-state index contributed by atoms with van der Waals surface area (Å²) in [6, 6.07) is 0. The maximum Gasteiger partial charge on any atom is 0.194 e. The number of piperidine rings is 1. The second kappa shape index (κ2) is 13.2. The number of nitrogens with one attached hydrogen (secondary N) is 1. The van der Waals surface area contributed by atoms with Crippen molar-refractivity contribution in [2.45, 2.75) is 78.1 Å². The van der Waals surface area contributed by atoms with Crippen molar-refractivity contribution in [3.05, 3.63) is 0 Å². The zero-order chi connectivity index (χ0) is 19.7. The standard InChI is InChI=1S/C21H41N3O3.HI/c1-6-22-20(23-15-19(25-5)21(2,3)4)24-12-10-17(11-13-24)27-16-18-9-7-8-14-26-18;/h17-19H,6-16H2,1-5H3,(H,22,23);1H. The topological polar surface area (TPSA) is 55.3 Å². The molecular formula is C21H42IN3O3. The van der Waals surface area contributed by atoms with Gasteiger partial charge in [-0.15, -0.1) is 24.0 Å². The van der Waals surface area contributed by atoms with Crippen LogP contribution in [-0.4, -0.2) is 75.7 Å². The first kappa shape index (κ1) is 25.9. The van der Waals surface area contributed by atoms with Gasteiger partial charge in [0.15, 0.2) is 5.96 Å². The van der Waals surface area contributed by atoms with Crippen molar-refractivity contribution in [3.63, 3.8) is 0 Å². The minimum Gasteiger partial charge on any atom is -0.379 e. The van der Waals surface area contributed by atoms with Crippen LogP contribution in [0, 0.1) is 5.41 Å². The molecule has 2 unspecified atom stereocenters. The van der Waals surface area contributed by atoms with Gasteiger partial charge in [0.1, 0.15) is 0 Å². The minimum atomic E-state index is 0. The number of ether oxygens (including phenoxy) is 3. The molecule has 0 saturated carbocycles. The molecule has 2 saturated heterocycles. The predicted molar refractivity (Wildman–Crippen MR) is 126 cm³/mol. The van der Waals surface area contributed by atoms with Crippen LogP contribution in [0.2, 0.25) is 0 Å². The second-order valence-electron chi connectivity index (χ2n) is 8.79. The third kappa shape index (κ3) is 8.71. The first-order valence-electron chi connectivity index (χ1n) is 10.7. The lowest BCUT2D eigenvalue weighted by Gasteiger charge is -2.35. The molecular weight excluding hydrogens is 469 g/mol. The van der Waals surface area contributed by atoms with Crippen molar-refractivity contribution in [3.8, 4) is 0 Å². The molecule has 0 bridgehead atoms. The van der Waals surface area contributed by atoms with Crippen LogP contribution >= 0.6 is 24.0 Å². The van der Waals surface area contributed by atoms with E-state index in [0.29, 0.717) is 18.8 Å². The summed E-state index contributed by atoms with van der Waals surface area (Å²) in [6.45, 7) is 13.9. The van der Waals surface area contributed by atoms with Crippen molar-refractivity contribution in [1.82, 2.24) is 10.2 Å². The maximum absolute atomic E-state index is 6.14. The fourth-order valence-electron chi connectivity index (χ4n) is 3.71. The highest BCUT2D eigenvalue weighted by Crippen LogP contribution is 2.22. The van der Waals surface area contributed by atoms with E-state index in [-0.39, 0.29) is 35.5 Å². The Hall–Kier alpha value is -0.120. The van der Waals surface area contributed by atoms with Crippen LogP contribution in [0.25, 0.3) is 0 Å². The molecule has 7 heteroatoms. The smallest absolute Gasteiger partial charge is 0.194 e. The van der Waals surface area contributed by atoms with Crippen molar-refractivity contribution in [1.29, 1.82) is 0 Å². The van der Waals surface area contributed by atoms with Gasteiger partial charge in [-0.3, -0.25) is 4.99 Å². The molecule has 2 aliphatic heterocycles. The number of hydrogen-bond acceptors (Lipinski definition) is 4. The van der Waals surface area contributed by atoms with Crippen molar-refractivity contribution >= 4 is 29.9 Å². The van der Waals surface area contributed by atoms with Crippen molar-refractivity contribution in [2.75, 3.05) is 46.5 Å². The Morgan fingerprint density at radius 2 is 1.93 bits per heavy atom. The zero-order valence-corrected chi connectivity index (χ0v) is 20.9.